The lowest BCUT2D eigenvalue weighted by atomic mass is 10.1. The summed E-state index contributed by atoms with van der Waals surface area (Å²) in [6, 6.07) is 16.9. The number of aliphatic imine (C=N–C) groups is 1. The minimum Gasteiger partial charge on any atom is -0.457 e. The van der Waals surface area contributed by atoms with Crippen molar-refractivity contribution in [3.05, 3.63) is 54.6 Å². The molecule has 40 heavy (non-hydrogen) atoms. The molecule has 0 aliphatic carbocycles. The summed E-state index contributed by atoms with van der Waals surface area (Å²) >= 11 is 0. The molecule has 2 aromatic carbocycles. The van der Waals surface area contributed by atoms with E-state index in [1.807, 2.05) is 54.6 Å². The van der Waals surface area contributed by atoms with Crippen LogP contribution in [-0.4, -0.2) is 71.5 Å². The second-order valence-corrected chi connectivity index (χ2v) is 11.1. The van der Waals surface area contributed by atoms with Crippen molar-refractivity contribution >= 4 is 23.6 Å². The summed E-state index contributed by atoms with van der Waals surface area (Å²) in [4.78, 5) is 38.9. The van der Waals surface area contributed by atoms with Gasteiger partial charge >= 0.3 is 6.03 Å². The summed E-state index contributed by atoms with van der Waals surface area (Å²) in [5.41, 5.74) is 0.990. The number of imide groups is 1. The van der Waals surface area contributed by atoms with Gasteiger partial charge in [-0.3, -0.25) is 9.69 Å². The van der Waals surface area contributed by atoms with Crippen LogP contribution in [0.25, 0.3) is 0 Å². The van der Waals surface area contributed by atoms with Gasteiger partial charge in [-0.15, -0.1) is 0 Å². The number of fused-ring (bicyclic) bond motifs is 3. The highest BCUT2D eigenvalue weighted by atomic mass is 16.5. The first-order chi connectivity index (χ1) is 19.6. The van der Waals surface area contributed by atoms with Gasteiger partial charge in [0, 0.05) is 32.4 Å². The lowest BCUT2D eigenvalue weighted by Gasteiger charge is -2.40. The number of hydrogen-bond acceptors (Lipinski definition) is 6. The number of carbonyl (C=O) groups excluding carboxylic acids is 2. The first kappa shape index (κ1) is 28.0. The van der Waals surface area contributed by atoms with Gasteiger partial charge in [-0.25, -0.2) is 9.79 Å². The van der Waals surface area contributed by atoms with Gasteiger partial charge in [-0.05, 0) is 42.8 Å². The summed E-state index contributed by atoms with van der Waals surface area (Å²) < 4.78 is 5.94. The Kier molecular flexibility index (Phi) is 9.24. The molecule has 2 atom stereocenters. The molecule has 3 heterocycles. The summed E-state index contributed by atoms with van der Waals surface area (Å²) in [6.45, 7) is 4.17. The number of likely N-dealkylation sites (N-methyl/N-ethyl adjacent to an activating group) is 1. The van der Waals surface area contributed by atoms with Crippen molar-refractivity contribution in [2.45, 2.75) is 83.3 Å². The molecule has 2 aromatic rings. The molecule has 0 spiro atoms. The molecule has 0 saturated carbocycles. The van der Waals surface area contributed by atoms with E-state index in [9.17, 15) is 9.59 Å². The van der Waals surface area contributed by atoms with Gasteiger partial charge in [0.1, 0.15) is 11.5 Å². The van der Waals surface area contributed by atoms with E-state index in [0.29, 0.717) is 13.1 Å². The van der Waals surface area contributed by atoms with Crippen LogP contribution in [0, 0.1) is 0 Å². The van der Waals surface area contributed by atoms with Crippen LogP contribution >= 0.6 is 0 Å². The van der Waals surface area contributed by atoms with Gasteiger partial charge < -0.3 is 19.4 Å². The first-order valence-electron chi connectivity index (χ1n) is 15.1. The summed E-state index contributed by atoms with van der Waals surface area (Å²) in [6.07, 6.45) is 11.7. The Morgan fingerprint density at radius 1 is 0.800 bits per heavy atom. The largest absolute Gasteiger partial charge is 0.457 e. The number of nitrogens with zero attached hydrogens (tertiary/aromatic N) is 5. The Balaban J connectivity index is 1.14. The average Bonchev–Trinajstić information content (AvgIpc) is 3.55. The van der Waals surface area contributed by atoms with Crippen LogP contribution in [0.1, 0.15) is 71.1 Å². The number of amides is 3. The van der Waals surface area contributed by atoms with Crippen molar-refractivity contribution in [3.63, 3.8) is 0 Å². The van der Waals surface area contributed by atoms with E-state index in [1.165, 1.54) is 49.8 Å². The summed E-state index contributed by atoms with van der Waals surface area (Å²) in [7, 11) is 1.77. The Morgan fingerprint density at radius 2 is 1.43 bits per heavy atom. The third-order valence-corrected chi connectivity index (χ3v) is 8.24. The topological polar surface area (TPSA) is 68.7 Å². The molecule has 0 radical (unpaired) electrons. The van der Waals surface area contributed by atoms with Gasteiger partial charge in [0.25, 0.3) is 5.91 Å². The second-order valence-electron chi connectivity index (χ2n) is 11.1. The Labute approximate surface area is 238 Å². The van der Waals surface area contributed by atoms with Crippen molar-refractivity contribution in [3.8, 4) is 11.5 Å². The SMILES string of the molecule is CCCCCCCCCCCCN1C(=O)C2C(N=C3N(c4ccc(Oc5ccccc5)cc4)CCN32)N(C)C1=O. The lowest BCUT2D eigenvalue weighted by molar-refractivity contribution is -0.137. The van der Waals surface area contributed by atoms with Crippen LogP contribution in [0.15, 0.2) is 59.6 Å². The van der Waals surface area contributed by atoms with E-state index < -0.39 is 12.2 Å². The predicted octanol–water partition coefficient (Wildman–Crippen LogP) is 6.48. The zero-order valence-corrected chi connectivity index (χ0v) is 24.0. The number of benzene rings is 2. The fourth-order valence-electron chi connectivity index (χ4n) is 5.96. The lowest BCUT2D eigenvalue weighted by Crippen LogP contribution is -2.64. The minimum atomic E-state index is -0.484. The third-order valence-electron chi connectivity index (χ3n) is 8.24. The van der Waals surface area contributed by atoms with E-state index in [1.54, 1.807) is 11.9 Å². The van der Waals surface area contributed by atoms with Crippen molar-refractivity contribution in [2.75, 3.05) is 31.6 Å². The maximum Gasteiger partial charge on any atom is 0.328 e. The number of guanidine groups is 1. The van der Waals surface area contributed by atoms with E-state index in [0.717, 1.165) is 49.0 Å². The Bertz CT molecular complexity index is 1170. The smallest absolute Gasteiger partial charge is 0.328 e. The van der Waals surface area contributed by atoms with Crippen LogP contribution in [0.4, 0.5) is 10.5 Å². The molecular formula is C32H43N5O3. The first-order valence-corrected chi connectivity index (χ1v) is 15.1. The number of hydrogen-bond donors (Lipinski definition) is 0. The highest BCUT2D eigenvalue weighted by Crippen LogP contribution is 2.34. The van der Waals surface area contributed by atoms with E-state index in [2.05, 4.69) is 16.7 Å². The summed E-state index contributed by atoms with van der Waals surface area (Å²) in [5, 5.41) is 0. The predicted molar refractivity (Wildman–Crippen MR) is 159 cm³/mol. The van der Waals surface area contributed by atoms with Crippen LogP contribution in [-0.2, 0) is 4.79 Å². The van der Waals surface area contributed by atoms with Gasteiger partial charge in [0.2, 0.25) is 5.96 Å². The molecule has 3 amide bonds. The molecule has 8 nitrogen and oxygen atoms in total. The number of urea groups is 1. The number of rotatable bonds is 14. The molecule has 2 unspecified atom stereocenters. The monoisotopic (exact) mass is 545 g/mol. The highest BCUT2D eigenvalue weighted by Gasteiger charge is 2.54. The van der Waals surface area contributed by atoms with Crippen LogP contribution in [0.3, 0.4) is 0 Å². The number of anilines is 1. The second kappa shape index (κ2) is 13.2. The fourth-order valence-corrected chi connectivity index (χ4v) is 5.96. The standard InChI is InChI=1S/C32H43N5O3/c1-3-4-5-6-7-8-9-10-11-15-22-37-30(38)28-29(34(2)32(37)39)33-31-35(23-24-36(28)31)25-18-20-27(21-19-25)40-26-16-13-12-14-17-26/h12-14,16-21,28-29H,3-11,15,22-24H2,1-2H3. The normalized spacial score (nSPS) is 20.2. The van der Waals surface area contributed by atoms with Gasteiger partial charge in [-0.2, -0.15) is 0 Å². The van der Waals surface area contributed by atoms with Crippen molar-refractivity contribution in [1.82, 2.24) is 14.7 Å². The van der Waals surface area contributed by atoms with E-state index in [4.69, 9.17) is 9.73 Å². The maximum atomic E-state index is 13.6. The van der Waals surface area contributed by atoms with E-state index >= 15 is 0 Å². The zero-order valence-electron chi connectivity index (χ0n) is 24.0. The fraction of sp³-hybridized carbons (Fsp3) is 0.531. The van der Waals surface area contributed by atoms with Crippen molar-refractivity contribution < 1.29 is 14.3 Å². The molecule has 5 rings (SSSR count). The van der Waals surface area contributed by atoms with Crippen LogP contribution in [0.2, 0.25) is 0 Å². The number of carbonyl (C=O) groups is 2. The van der Waals surface area contributed by atoms with Crippen LogP contribution in [0.5, 0.6) is 11.5 Å². The summed E-state index contributed by atoms with van der Waals surface area (Å²) in [5.74, 6) is 2.20. The number of unbranched alkanes of at least 4 members (excludes halogenated alkanes) is 9. The number of para-hydroxylation sites is 1. The van der Waals surface area contributed by atoms with Gasteiger partial charge in [0.05, 0.1) is 0 Å². The molecule has 214 valence electrons. The van der Waals surface area contributed by atoms with Gasteiger partial charge in [0.15, 0.2) is 12.2 Å². The Hall–Kier alpha value is -3.55. The van der Waals surface area contributed by atoms with Crippen molar-refractivity contribution in [1.29, 1.82) is 0 Å². The zero-order chi connectivity index (χ0) is 27.9. The molecule has 2 saturated heterocycles. The molecule has 3 aliphatic rings. The Morgan fingerprint density at radius 3 is 2.10 bits per heavy atom. The maximum absolute atomic E-state index is 13.6. The van der Waals surface area contributed by atoms with Crippen molar-refractivity contribution in [2.24, 2.45) is 4.99 Å². The van der Waals surface area contributed by atoms with Gasteiger partial charge in [-0.1, -0.05) is 82.9 Å². The highest BCUT2D eigenvalue weighted by molar-refractivity contribution is 6.08. The molecule has 8 heteroatoms. The average molecular weight is 546 g/mol. The van der Waals surface area contributed by atoms with Crippen LogP contribution < -0.4 is 9.64 Å². The molecule has 2 fully saturated rings. The van der Waals surface area contributed by atoms with E-state index in [-0.39, 0.29) is 11.9 Å². The molecular weight excluding hydrogens is 502 g/mol. The minimum absolute atomic E-state index is 0.115. The third kappa shape index (κ3) is 6.11. The quantitative estimate of drug-likeness (QED) is 0.254. The molecule has 0 N–H and O–H groups in total. The molecule has 3 aliphatic heterocycles. The molecule has 0 aromatic heterocycles. The number of ether oxygens (including phenoxy) is 1. The molecule has 0 bridgehead atoms.